The molecule has 24 heavy (non-hydrogen) atoms. The van der Waals surface area contributed by atoms with E-state index in [0.717, 1.165) is 19.3 Å². The molecular formula is C18H20N2O3S. The summed E-state index contributed by atoms with van der Waals surface area (Å²) < 4.78 is 0. The molecule has 0 saturated heterocycles. The molecule has 0 radical (unpaired) electrons. The van der Waals surface area contributed by atoms with Gasteiger partial charge >= 0.3 is 0 Å². The van der Waals surface area contributed by atoms with Crippen LogP contribution >= 0.6 is 11.3 Å². The average molecular weight is 344 g/mol. The predicted octanol–water partition coefficient (Wildman–Crippen LogP) is 3.14. The van der Waals surface area contributed by atoms with Gasteiger partial charge in [0.05, 0.1) is 11.3 Å². The maximum Gasteiger partial charge on any atom is 0.265 e. The van der Waals surface area contributed by atoms with Gasteiger partial charge in [0.25, 0.3) is 5.91 Å². The molecule has 2 aromatic rings. The van der Waals surface area contributed by atoms with Crippen LogP contribution in [0.15, 0.2) is 35.8 Å². The zero-order chi connectivity index (χ0) is 17.2. The molecule has 0 saturated carbocycles. The van der Waals surface area contributed by atoms with Crippen LogP contribution in [0, 0.1) is 0 Å². The predicted molar refractivity (Wildman–Crippen MR) is 93.3 cm³/mol. The van der Waals surface area contributed by atoms with Gasteiger partial charge < -0.3 is 5.11 Å². The summed E-state index contributed by atoms with van der Waals surface area (Å²) in [4.78, 5) is 31.7. The number of rotatable bonds is 7. The normalized spacial score (nSPS) is 19.6. The Morgan fingerprint density at radius 1 is 1.33 bits per heavy atom. The summed E-state index contributed by atoms with van der Waals surface area (Å²) in [5, 5.41) is 12.9. The molecule has 1 aliphatic heterocycles. The van der Waals surface area contributed by atoms with E-state index in [9.17, 15) is 14.7 Å². The number of nitrogens with zero attached hydrogens (tertiary/aromatic N) is 2. The van der Waals surface area contributed by atoms with Gasteiger partial charge in [-0.2, -0.15) is 0 Å². The number of hydrogen-bond donors (Lipinski definition) is 1. The number of aromatic nitrogens is 1. The van der Waals surface area contributed by atoms with E-state index >= 15 is 0 Å². The maximum atomic E-state index is 12.9. The minimum atomic E-state index is -1.82. The van der Waals surface area contributed by atoms with Gasteiger partial charge in [0.1, 0.15) is 5.82 Å². The molecule has 1 unspecified atom stereocenters. The summed E-state index contributed by atoms with van der Waals surface area (Å²) >= 11 is 1.31. The molecule has 1 N–H and O–H groups in total. The molecule has 1 amide bonds. The lowest BCUT2D eigenvalue weighted by Gasteiger charge is -2.22. The van der Waals surface area contributed by atoms with Gasteiger partial charge in [0, 0.05) is 18.3 Å². The smallest absolute Gasteiger partial charge is 0.265 e. The van der Waals surface area contributed by atoms with Gasteiger partial charge in [-0.1, -0.05) is 31.9 Å². The number of hydrogen-bond acceptors (Lipinski definition) is 5. The van der Waals surface area contributed by atoms with Crippen LogP contribution < -0.4 is 4.90 Å². The quantitative estimate of drug-likeness (QED) is 0.619. The van der Waals surface area contributed by atoms with Crippen molar-refractivity contribution < 1.29 is 14.7 Å². The first-order chi connectivity index (χ1) is 11.6. The Balaban J connectivity index is 1.90. The highest BCUT2D eigenvalue weighted by atomic mass is 32.1. The third-order valence-electron chi connectivity index (χ3n) is 4.28. The zero-order valence-electron chi connectivity index (χ0n) is 13.6. The number of aliphatic hydroxyl groups is 1. The number of carbonyl (C=O) groups excluding carboxylic acids is 2. The molecule has 126 valence electrons. The first-order valence-electron chi connectivity index (χ1n) is 8.14. The van der Waals surface area contributed by atoms with E-state index in [-0.39, 0.29) is 12.2 Å². The van der Waals surface area contributed by atoms with Crippen molar-refractivity contribution in [3.8, 4) is 0 Å². The minimum Gasteiger partial charge on any atom is -0.375 e. The third-order valence-corrected chi connectivity index (χ3v) is 5.20. The molecule has 0 spiro atoms. The summed E-state index contributed by atoms with van der Waals surface area (Å²) in [5.41, 5.74) is -1.40. The van der Waals surface area contributed by atoms with Crippen molar-refractivity contribution >= 4 is 28.8 Å². The molecule has 5 nitrogen and oxygen atoms in total. The SMILES string of the molecule is CCCCCN1C(=O)C(O)(CC(=O)c2cccs2)c2cccnc21. The lowest BCUT2D eigenvalue weighted by Crippen LogP contribution is -2.42. The Kier molecular flexibility index (Phi) is 4.78. The van der Waals surface area contributed by atoms with Crippen molar-refractivity contribution in [2.75, 3.05) is 11.4 Å². The molecule has 0 aromatic carbocycles. The molecule has 2 aromatic heterocycles. The van der Waals surface area contributed by atoms with Gasteiger partial charge in [-0.05, 0) is 23.9 Å². The third kappa shape index (κ3) is 2.87. The molecular weight excluding hydrogens is 324 g/mol. The molecule has 0 bridgehead atoms. The molecule has 0 fully saturated rings. The first kappa shape index (κ1) is 16.8. The van der Waals surface area contributed by atoms with Crippen LogP contribution in [0.2, 0.25) is 0 Å². The van der Waals surface area contributed by atoms with Gasteiger partial charge in [-0.25, -0.2) is 4.98 Å². The van der Waals surface area contributed by atoms with E-state index in [1.165, 1.54) is 16.2 Å². The van der Waals surface area contributed by atoms with E-state index in [1.807, 2.05) is 0 Å². The first-order valence-corrected chi connectivity index (χ1v) is 9.02. The van der Waals surface area contributed by atoms with Crippen molar-refractivity contribution in [1.82, 2.24) is 4.98 Å². The van der Waals surface area contributed by atoms with E-state index in [4.69, 9.17) is 0 Å². The van der Waals surface area contributed by atoms with E-state index < -0.39 is 11.5 Å². The lowest BCUT2D eigenvalue weighted by atomic mass is 9.90. The van der Waals surface area contributed by atoms with Crippen LogP contribution in [-0.4, -0.2) is 28.3 Å². The van der Waals surface area contributed by atoms with Crippen LogP contribution in [0.3, 0.4) is 0 Å². The summed E-state index contributed by atoms with van der Waals surface area (Å²) in [6, 6.07) is 6.86. The second kappa shape index (κ2) is 6.83. The highest BCUT2D eigenvalue weighted by Crippen LogP contribution is 2.41. The number of pyridine rings is 1. The van der Waals surface area contributed by atoms with Crippen LogP contribution in [-0.2, 0) is 10.4 Å². The summed E-state index contributed by atoms with van der Waals surface area (Å²) in [6.45, 7) is 2.60. The summed E-state index contributed by atoms with van der Waals surface area (Å²) in [7, 11) is 0. The Labute approximate surface area is 145 Å². The van der Waals surface area contributed by atoms with Crippen molar-refractivity contribution in [2.45, 2.75) is 38.2 Å². The standard InChI is InChI=1S/C18H20N2O3S/c1-2-3-4-10-20-16-13(7-5-9-19-16)18(23,17(20)22)12-14(21)15-8-6-11-24-15/h5-9,11,23H,2-4,10,12H2,1H3. The van der Waals surface area contributed by atoms with E-state index in [1.54, 1.807) is 35.8 Å². The Bertz CT molecular complexity index is 744. The number of unbranched alkanes of at least 4 members (excludes halogenated alkanes) is 2. The summed E-state index contributed by atoms with van der Waals surface area (Å²) in [6.07, 6.45) is 4.23. The molecule has 6 heteroatoms. The zero-order valence-corrected chi connectivity index (χ0v) is 14.4. The number of amides is 1. The monoisotopic (exact) mass is 344 g/mol. The van der Waals surface area contributed by atoms with Gasteiger partial charge in [0.2, 0.25) is 0 Å². The Morgan fingerprint density at radius 3 is 2.88 bits per heavy atom. The number of Topliss-reactive ketones (excluding diaryl/α,β-unsaturated/α-hetero) is 1. The number of fused-ring (bicyclic) bond motifs is 1. The topological polar surface area (TPSA) is 70.5 Å². The number of ketones is 1. The largest absolute Gasteiger partial charge is 0.375 e. The second-order valence-corrected chi connectivity index (χ2v) is 6.92. The van der Waals surface area contributed by atoms with Crippen molar-refractivity contribution in [3.05, 3.63) is 46.3 Å². The highest BCUT2D eigenvalue weighted by molar-refractivity contribution is 7.12. The van der Waals surface area contributed by atoms with E-state index in [0.29, 0.717) is 22.8 Å². The molecule has 3 rings (SSSR count). The Hall–Kier alpha value is -2.05. The number of anilines is 1. The van der Waals surface area contributed by atoms with Gasteiger partial charge in [-0.3, -0.25) is 14.5 Å². The lowest BCUT2D eigenvalue weighted by molar-refractivity contribution is -0.135. The number of thiophene rings is 1. The van der Waals surface area contributed by atoms with Crippen LogP contribution in [0.25, 0.3) is 0 Å². The highest BCUT2D eigenvalue weighted by Gasteiger charge is 2.51. The molecule has 1 atom stereocenters. The Morgan fingerprint density at radius 2 is 2.17 bits per heavy atom. The fraction of sp³-hybridized carbons (Fsp3) is 0.389. The van der Waals surface area contributed by atoms with Crippen LogP contribution in [0.1, 0.15) is 47.8 Å². The molecule has 0 aliphatic carbocycles. The van der Waals surface area contributed by atoms with Gasteiger partial charge in [-0.15, -0.1) is 11.3 Å². The van der Waals surface area contributed by atoms with Crippen molar-refractivity contribution in [1.29, 1.82) is 0 Å². The number of carbonyl (C=O) groups is 2. The fourth-order valence-corrected chi connectivity index (χ4v) is 3.69. The van der Waals surface area contributed by atoms with Crippen molar-refractivity contribution in [3.63, 3.8) is 0 Å². The maximum absolute atomic E-state index is 12.9. The van der Waals surface area contributed by atoms with Crippen LogP contribution in [0.4, 0.5) is 5.82 Å². The molecule has 3 heterocycles. The van der Waals surface area contributed by atoms with E-state index in [2.05, 4.69) is 11.9 Å². The molecule has 1 aliphatic rings. The van der Waals surface area contributed by atoms with Crippen molar-refractivity contribution in [2.24, 2.45) is 0 Å². The summed E-state index contributed by atoms with van der Waals surface area (Å²) in [5.74, 6) is -0.205. The average Bonchev–Trinajstić information content (AvgIpc) is 3.18. The fourth-order valence-electron chi connectivity index (χ4n) is 3.02. The van der Waals surface area contributed by atoms with Gasteiger partial charge in [0.15, 0.2) is 11.4 Å². The minimum absolute atomic E-state index is 0.230. The van der Waals surface area contributed by atoms with Crippen LogP contribution in [0.5, 0.6) is 0 Å². The second-order valence-electron chi connectivity index (χ2n) is 5.98.